The van der Waals surface area contributed by atoms with Gasteiger partial charge < -0.3 is 0 Å². The summed E-state index contributed by atoms with van der Waals surface area (Å²) in [5, 5.41) is -1.33. The van der Waals surface area contributed by atoms with Crippen molar-refractivity contribution in [3.63, 3.8) is 0 Å². The number of hydrogen-bond donors (Lipinski definition) is 0. The van der Waals surface area contributed by atoms with Crippen molar-refractivity contribution in [1.82, 2.24) is 0 Å². The molecule has 3 unspecified atom stereocenters. The fourth-order valence-corrected chi connectivity index (χ4v) is 5.33. The van der Waals surface area contributed by atoms with Gasteiger partial charge in [-0.25, -0.2) is 8.42 Å². The van der Waals surface area contributed by atoms with E-state index in [0.717, 1.165) is 17.3 Å². The van der Waals surface area contributed by atoms with Gasteiger partial charge >= 0.3 is 0 Å². The first-order valence-electron chi connectivity index (χ1n) is 7.35. The number of carbonyl (C=O) groups is 1. The Labute approximate surface area is 135 Å². The van der Waals surface area contributed by atoms with Crippen LogP contribution in [0.15, 0.2) is 28.7 Å². The summed E-state index contributed by atoms with van der Waals surface area (Å²) in [4.78, 5) is 12.4. The molecule has 116 valence electrons. The van der Waals surface area contributed by atoms with E-state index < -0.39 is 15.1 Å². The normalized spacial score (nSPS) is 24.5. The van der Waals surface area contributed by atoms with Crippen molar-refractivity contribution in [3.05, 3.63) is 34.3 Å². The summed E-state index contributed by atoms with van der Waals surface area (Å²) in [6, 6.07) is 6.86. The number of ketones is 1. The lowest BCUT2D eigenvalue weighted by Crippen LogP contribution is -2.38. The average Bonchev–Trinajstić information content (AvgIpc) is 2.46. The van der Waals surface area contributed by atoms with Gasteiger partial charge in [-0.1, -0.05) is 47.8 Å². The Balaban J connectivity index is 2.19. The molecule has 0 heterocycles. The smallest absolute Gasteiger partial charge is 0.180 e. The Kier molecular flexibility index (Phi) is 5.25. The average molecular weight is 373 g/mol. The van der Waals surface area contributed by atoms with Gasteiger partial charge in [0.1, 0.15) is 5.25 Å². The molecule has 0 aromatic heterocycles. The molecule has 1 saturated carbocycles. The van der Waals surface area contributed by atoms with E-state index in [9.17, 15) is 13.2 Å². The highest BCUT2D eigenvalue weighted by atomic mass is 79.9. The Morgan fingerprint density at radius 2 is 1.86 bits per heavy atom. The predicted octanol–water partition coefficient (Wildman–Crippen LogP) is 4.01. The molecule has 0 saturated heterocycles. The summed E-state index contributed by atoms with van der Waals surface area (Å²) < 4.78 is 26.2. The zero-order chi connectivity index (χ0) is 15.6. The zero-order valence-electron chi connectivity index (χ0n) is 12.4. The minimum absolute atomic E-state index is 0.305. The summed E-state index contributed by atoms with van der Waals surface area (Å²) in [7, 11) is -3.41. The molecule has 3 nitrogen and oxygen atoms in total. The van der Waals surface area contributed by atoms with Gasteiger partial charge in [0.05, 0.1) is 5.25 Å². The van der Waals surface area contributed by atoms with Gasteiger partial charge in [-0.2, -0.15) is 0 Å². The van der Waals surface area contributed by atoms with Crippen molar-refractivity contribution in [2.75, 3.05) is 0 Å². The number of hydrogen-bond acceptors (Lipinski definition) is 3. The number of sulfone groups is 1. The SMILES string of the molecule is CC1CCCC(S(=O)(=O)C(C)C(=O)c2ccc(Br)cc2)C1. The minimum Gasteiger partial charge on any atom is -0.293 e. The van der Waals surface area contributed by atoms with E-state index in [1.807, 2.05) is 0 Å². The number of rotatable bonds is 4. The quantitative estimate of drug-likeness (QED) is 0.750. The minimum atomic E-state index is -3.41. The zero-order valence-corrected chi connectivity index (χ0v) is 14.8. The predicted molar refractivity (Wildman–Crippen MR) is 88.3 cm³/mol. The van der Waals surface area contributed by atoms with Gasteiger partial charge in [-0.05, 0) is 37.8 Å². The molecule has 0 bridgehead atoms. The van der Waals surface area contributed by atoms with Crippen LogP contribution in [0.4, 0.5) is 0 Å². The third kappa shape index (κ3) is 3.75. The van der Waals surface area contributed by atoms with Crippen LogP contribution in [-0.2, 0) is 9.84 Å². The Morgan fingerprint density at radius 3 is 2.43 bits per heavy atom. The van der Waals surface area contributed by atoms with Crippen LogP contribution in [-0.4, -0.2) is 24.7 Å². The molecule has 0 aliphatic heterocycles. The number of Topliss-reactive ketones (excluding diaryl/α,β-unsaturated/α-hetero) is 1. The van der Waals surface area contributed by atoms with E-state index in [1.165, 1.54) is 6.92 Å². The fourth-order valence-electron chi connectivity index (χ4n) is 2.96. The maximum atomic E-state index is 12.7. The molecule has 2 rings (SSSR count). The van der Waals surface area contributed by atoms with Crippen molar-refractivity contribution >= 4 is 31.6 Å². The molecule has 1 aromatic carbocycles. The number of halogens is 1. The third-order valence-corrected chi connectivity index (χ3v) is 7.43. The fraction of sp³-hybridized carbons (Fsp3) is 0.562. The molecular formula is C16H21BrO3S. The van der Waals surface area contributed by atoms with Gasteiger partial charge in [0, 0.05) is 10.0 Å². The highest BCUT2D eigenvalue weighted by Gasteiger charge is 2.37. The molecule has 1 aromatic rings. The molecule has 0 radical (unpaired) electrons. The first-order chi connectivity index (χ1) is 9.82. The monoisotopic (exact) mass is 372 g/mol. The Hall–Kier alpha value is -0.680. The van der Waals surface area contributed by atoms with Gasteiger partial charge in [-0.15, -0.1) is 0 Å². The van der Waals surface area contributed by atoms with Gasteiger partial charge in [0.25, 0.3) is 0 Å². The van der Waals surface area contributed by atoms with Crippen molar-refractivity contribution < 1.29 is 13.2 Å². The second-order valence-corrected chi connectivity index (χ2v) is 9.46. The summed E-state index contributed by atoms with van der Waals surface area (Å²) in [5.74, 6) is 0.120. The van der Waals surface area contributed by atoms with Crippen molar-refractivity contribution in [3.8, 4) is 0 Å². The van der Waals surface area contributed by atoms with E-state index >= 15 is 0 Å². The highest BCUT2D eigenvalue weighted by Crippen LogP contribution is 2.31. The maximum Gasteiger partial charge on any atom is 0.180 e. The van der Waals surface area contributed by atoms with Crippen molar-refractivity contribution in [2.45, 2.75) is 50.0 Å². The van der Waals surface area contributed by atoms with Crippen LogP contribution in [0.2, 0.25) is 0 Å². The first-order valence-corrected chi connectivity index (χ1v) is 9.75. The molecular weight excluding hydrogens is 352 g/mol. The highest BCUT2D eigenvalue weighted by molar-refractivity contribution is 9.10. The van der Waals surface area contributed by atoms with Crippen LogP contribution in [0.5, 0.6) is 0 Å². The van der Waals surface area contributed by atoms with Gasteiger partial charge in [-0.3, -0.25) is 4.79 Å². The van der Waals surface area contributed by atoms with E-state index in [4.69, 9.17) is 0 Å². The largest absolute Gasteiger partial charge is 0.293 e. The summed E-state index contributed by atoms with van der Waals surface area (Å²) >= 11 is 3.31. The van der Waals surface area contributed by atoms with Gasteiger partial charge in [0.2, 0.25) is 0 Å². The van der Waals surface area contributed by atoms with Crippen LogP contribution < -0.4 is 0 Å². The molecule has 21 heavy (non-hydrogen) atoms. The molecule has 5 heteroatoms. The van der Waals surface area contributed by atoms with Gasteiger partial charge in [0.15, 0.2) is 15.6 Å². The lowest BCUT2D eigenvalue weighted by molar-refractivity contribution is 0.0990. The summed E-state index contributed by atoms with van der Waals surface area (Å²) in [6.07, 6.45) is 3.39. The van der Waals surface area contributed by atoms with Crippen LogP contribution in [0.25, 0.3) is 0 Å². The Bertz CT molecular complexity index is 607. The second-order valence-electron chi connectivity index (χ2n) is 6.00. The van der Waals surface area contributed by atoms with Crippen LogP contribution in [0.1, 0.15) is 49.9 Å². The topological polar surface area (TPSA) is 51.2 Å². The molecule has 1 fully saturated rings. The second kappa shape index (κ2) is 6.61. The number of carbonyl (C=O) groups excluding carboxylic acids is 1. The van der Waals surface area contributed by atoms with Crippen LogP contribution in [0, 0.1) is 5.92 Å². The van der Waals surface area contributed by atoms with Crippen molar-refractivity contribution in [1.29, 1.82) is 0 Å². The molecule has 1 aliphatic carbocycles. The maximum absolute atomic E-state index is 12.7. The molecule has 0 amide bonds. The first kappa shape index (κ1) is 16.7. The van der Waals surface area contributed by atoms with E-state index in [0.29, 0.717) is 24.3 Å². The standard InChI is InChI=1S/C16H21BrO3S/c1-11-4-3-5-15(10-11)21(19,20)12(2)16(18)13-6-8-14(17)9-7-13/h6-9,11-12,15H,3-5,10H2,1-2H3. The van der Waals surface area contributed by atoms with Crippen molar-refractivity contribution in [2.24, 2.45) is 5.92 Å². The summed E-state index contributed by atoms with van der Waals surface area (Å²) in [6.45, 7) is 3.61. The van der Waals surface area contributed by atoms with E-state index in [2.05, 4.69) is 22.9 Å². The lowest BCUT2D eigenvalue weighted by Gasteiger charge is -2.28. The van der Waals surface area contributed by atoms with E-state index in [1.54, 1.807) is 24.3 Å². The van der Waals surface area contributed by atoms with Crippen LogP contribution in [0.3, 0.4) is 0 Å². The molecule has 0 N–H and O–H groups in total. The summed E-state index contributed by atoms with van der Waals surface area (Å²) in [5.41, 5.74) is 0.457. The van der Waals surface area contributed by atoms with Crippen LogP contribution >= 0.6 is 15.9 Å². The molecule has 0 spiro atoms. The third-order valence-electron chi connectivity index (χ3n) is 4.34. The molecule has 3 atom stereocenters. The Morgan fingerprint density at radius 1 is 1.24 bits per heavy atom. The molecule has 1 aliphatic rings. The van der Waals surface area contributed by atoms with E-state index in [-0.39, 0.29) is 11.0 Å². The lowest BCUT2D eigenvalue weighted by atomic mass is 9.90. The number of benzene rings is 1.